The summed E-state index contributed by atoms with van der Waals surface area (Å²) in [5.41, 5.74) is 7.10. The molecule has 8 nitrogen and oxygen atoms in total. The lowest BCUT2D eigenvalue weighted by atomic mass is 9.86. The molecule has 0 bridgehead atoms. The fourth-order valence-electron chi connectivity index (χ4n) is 5.35. The summed E-state index contributed by atoms with van der Waals surface area (Å²) in [7, 11) is 0. The first kappa shape index (κ1) is 25.5. The van der Waals surface area contributed by atoms with Crippen molar-refractivity contribution < 1.29 is 0 Å². The van der Waals surface area contributed by atoms with Gasteiger partial charge < -0.3 is 10.6 Å². The maximum atomic E-state index is 10.1. The molecule has 4 aromatic rings. The van der Waals surface area contributed by atoms with Crippen LogP contribution >= 0.6 is 11.3 Å². The molecule has 4 heterocycles. The summed E-state index contributed by atoms with van der Waals surface area (Å²) in [5.74, 6) is 0.0256. The molecule has 6 rings (SSSR count). The third-order valence-corrected chi connectivity index (χ3v) is 8.59. The maximum Gasteiger partial charge on any atom is 0.103 e. The van der Waals surface area contributed by atoms with E-state index in [1.807, 2.05) is 22.1 Å². The molecule has 9 heteroatoms. The highest BCUT2D eigenvalue weighted by Crippen LogP contribution is 2.39. The van der Waals surface area contributed by atoms with E-state index in [2.05, 4.69) is 76.5 Å². The Hall–Kier alpha value is -3.79. The Morgan fingerprint density at radius 1 is 1.21 bits per heavy atom. The van der Waals surface area contributed by atoms with Crippen molar-refractivity contribution in [2.45, 2.75) is 65.0 Å². The van der Waals surface area contributed by atoms with Crippen LogP contribution in [0.25, 0.3) is 10.9 Å². The zero-order valence-corrected chi connectivity index (χ0v) is 23.4. The summed E-state index contributed by atoms with van der Waals surface area (Å²) >= 11 is 1.81. The van der Waals surface area contributed by atoms with Crippen LogP contribution in [0, 0.1) is 28.1 Å². The SMILES string of the molecule is CC(C)(C)CNc1c(C#N)cnc2c(C#N)cc(C[C@H](c3cn(C4CC4)nn3)c3csc4c3CCNC4)cc12. The Morgan fingerprint density at radius 3 is 2.77 bits per heavy atom. The Balaban J connectivity index is 1.46. The molecule has 198 valence electrons. The van der Waals surface area contributed by atoms with Crippen molar-refractivity contribution in [2.24, 2.45) is 5.41 Å². The number of rotatable bonds is 7. The lowest BCUT2D eigenvalue weighted by molar-refractivity contribution is 0.443. The second-order valence-corrected chi connectivity index (χ2v) is 12.8. The molecule has 1 aliphatic carbocycles. The number of hydrogen-bond acceptors (Lipinski definition) is 8. The van der Waals surface area contributed by atoms with Crippen LogP contribution < -0.4 is 10.6 Å². The Kier molecular flexibility index (Phi) is 6.58. The zero-order valence-electron chi connectivity index (χ0n) is 22.6. The second-order valence-electron chi connectivity index (χ2n) is 11.9. The zero-order chi connectivity index (χ0) is 27.1. The van der Waals surface area contributed by atoms with E-state index in [-0.39, 0.29) is 11.3 Å². The first-order valence-corrected chi connectivity index (χ1v) is 14.4. The van der Waals surface area contributed by atoms with Crippen LogP contribution in [0.15, 0.2) is 29.9 Å². The predicted molar refractivity (Wildman–Crippen MR) is 153 cm³/mol. The van der Waals surface area contributed by atoms with Crippen molar-refractivity contribution >= 4 is 27.9 Å². The minimum atomic E-state index is 0.0172. The molecule has 0 unspecified atom stereocenters. The highest BCUT2D eigenvalue weighted by Gasteiger charge is 2.29. The van der Waals surface area contributed by atoms with Crippen molar-refractivity contribution in [3.63, 3.8) is 0 Å². The molecule has 3 aromatic heterocycles. The van der Waals surface area contributed by atoms with Crippen LogP contribution in [0.2, 0.25) is 0 Å². The first-order chi connectivity index (χ1) is 18.8. The number of benzene rings is 1. The highest BCUT2D eigenvalue weighted by atomic mass is 32.1. The van der Waals surface area contributed by atoms with Gasteiger partial charge in [0.1, 0.15) is 12.1 Å². The van der Waals surface area contributed by atoms with E-state index >= 15 is 0 Å². The number of pyridine rings is 1. The monoisotopic (exact) mass is 536 g/mol. The van der Waals surface area contributed by atoms with Gasteiger partial charge in [0, 0.05) is 41.7 Å². The predicted octanol–water partition coefficient (Wildman–Crippen LogP) is 5.44. The number of nitriles is 2. The van der Waals surface area contributed by atoms with Gasteiger partial charge in [-0.05, 0) is 71.8 Å². The van der Waals surface area contributed by atoms with Crippen molar-refractivity contribution in [1.29, 1.82) is 10.5 Å². The van der Waals surface area contributed by atoms with Crippen LogP contribution in [-0.2, 0) is 19.4 Å². The van der Waals surface area contributed by atoms with Crippen molar-refractivity contribution in [1.82, 2.24) is 25.3 Å². The number of anilines is 1. The molecule has 2 aliphatic rings. The number of fused-ring (bicyclic) bond motifs is 2. The van der Waals surface area contributed by atoms with E-state index in [4.69, 9.17) is 0 Å². The number of aromatic nitrogens is 4. The minimum absolute atomic E-state index is 0.0172. The lowest BCUT2D eigenvalue weighted by Crippen LogP contribution is -2.23. The van der Waals surface area contributed by atoms with E-state index in [0.717, 1.165) is 54.7 Å². The molecule has 1 saturated carbocycles. The molecule has 1 aromatic carbocycles. The third-order valence-electron chi connectivity index (χ3n) is 7.54. The van der Waals surface area contributed by atoms with Crippen LogP contribution in [-0.4, -0.2) is 33.1 Å². The van der Waals surface area contributed by atoms with Gasteiger partial charge in [0.05, 0.1) is 34.1 Å². The molecular formula is C30H32N8S. The molecule has 0 saturated heterocycles. The summed E-state index contributed by atoms with van der Waals surface area (Å²) in [5, 5.41) is 39.2. The summed E-state index contributed by atoms with van der Waals surface area (Å²) < 4.78 is 2.02. The maximum absolute atomic E-state index is 10.1. The second kappa shape index (κ2) is 10.1. The minimum Gasteiger partial charge on any atom is -0.383 e. The van der Waals surface area contributed by atoms with Crippen LogP contribution in [0.4, 0.5) is 5.69 Å². The lowest BCUT2D eigenvalue weighted by Gasteiger charge is -2.22. The fourth-order valence-corrected chi connectivity index (χ4v) is 6.47. The van der Waals surface area contributed by atoms with Gasteiger partial charge in [0.2, 0.25) is 0 Å². The van der Waals surface area contributed by atoms with E-state index in [1.54, 1.807) is 6.20 Å². The van der Waals surface area contributed by atoms with Crippen molar-refractivity contribution in [2.75, 3.05) is 18.4 Å². The largest absolute Gasteiger partial charge is 0.383 e. The third kappa shape index (κ3) is 5.13. The normalized spacial score (nSPS) is 15.9. The molecule has 1 atom stereocenters. The number of nitrogens with zero attached hydrogens (tertiary/aromatic N) is 6. The number of nitrogens with one attached hydrogen (secondary N) is 2. The van der Waals surface area contributed by atoms with Crippen LogP contribution in [0.1, 0.15) is 84.0 Å². The van der Waals surface area contributed by atoms with Gasteiger partial charge in [-0.1, -0.05) is 26.0 Å². The van der Waals surface area contributed by atoms with E-state index in [0.29, 0.717) is 35.7 Å². The summed E-state index contributed by atoms with van der Waals surface area (Å²) in [4.78, 5) is 5.92. The van der Waals surface area contributed by atoms with E-state index < -0.39 is 0 Å². The van der Waals surface area contributed by atoms with Gasteiger partial charge in [-0.15, -0.1) is 16.4 Å². The van der Waals surface area contributed by atoms with Gasteiger partial charge in [-0.25, -0.2) is 4.68 Å². The fraction of sp³-hybridized carbons (Fsp3) is 0.433. The molecular weight excluding hydrogens is 504 g/mol. The van der Waals surface area contributed by atoms with Gasteiger partial charge in [-0.3, -0.25) is 4.98 Å². The average molecular weight is 537 g/mol. The Bertz CT molecular complexity index is 1620. The standard InChI is InChI=1S/C30H32N8S/c1-30(2,3)17-35-29-20(12-32)13-34-28-19(11-31)8-18(10-24(28)29)9-23(26-15-38(37-36-26)21-4-5-21)25-16-39-27-14-33-7-6-22(25)27/h8,10,13,15-16,21,23,33H,4-7,9,14,17H2,1-3H3,(H,34,35)/t23-/m0/s1. The van der Waals surface area contributed by atoms with Crippen molar-refractivity contribution in [3.8, 4) is 12.1 Å². The Labute approximate surface area is 232 Å². The quantitative estimate of drug-likeness (QED) is 0.323. The Morgan fingerprint density at radius 2 is 2.03 bits per heavy atom. The number of thiophene rings is 1. The van der Waals surface area contributed by atoms with Gasteiger partial charge in [0.15, 0.2) is 0 Å². The van der Waals surface area contributed by atoms with E-state index in [1.165, 1.54) is 16.0 Å². The molecule has 1 aliphatic heterocycles. The molecule has 2 N–H and O–H groups in total. The molecule has 0 spiro atoms. The summed E-state index contributed by atoms with van der Waals surface area (Å²) in [6, 6.07) is 9.17. The summed E-state index contributed by atoms with van der Waals surface area (Å²) in [6.45, 7) is 9.02. The topological polar surface area (TPSA) is 115 Å². The number of hydrogen-bond donors (Lipinski definition) is 2. The van der Waals surface area contributed by atoms with Crippen LogP contribution in [0.3, 0.4) is 0 Å². The molecule has 1 fully saturated rings. The van der Waals surface area contributed by atoms with Crippen molar-refractivity contribution in [3.05, 3.63) is 68.3 Å². The molecule has 0 radical (unpaired) electrons. The first-order valence-electron chi connectivity index (χ1n) is 13.6. The van der Waals surface area contributed by atoms with Gasteiger partial charge in [0.25, 0.3) is 0 Å². The van der Waals surface area contributed by atoms with E-state index in [9.17, 15) is 10.5 Å². The molecule has 0 amide bonds. The average Bonchev–Trinajstić information content (AvgIpc) is 3.51. The smallest absolute Gasteiger partial charge is 0.103 e. The van der Waals surface area contributed by atoms with Gasteiger partial charge in [-0.2, -0.15) is 10.5 Å². The molecule has 39 heavy (non-hydrogen) atoms. The highest BCUT2D eigenvalue weighted by molar-refractivity contribution is 7.10. The van der Waals surface area contributed by atoms with Crippen LogP contribution in [0.5, 0.6) is 0 Å². The summed E-state index contributed by atoms with van der Waals surface area (Å²) in [6.07, 6.45) is 7.67. The van der Waals surface area contributed by atoms with Gasteiger partial charge >= 0.3 is 0 Å².